The highest BCUT2D eigenvalue weighted by Gasteiger charge is 2.21. The average molecular weight is 287 g/mol. The summed E-state index contributed by atoms with van der Waals surface area (Å²) in [6.07, 6.45) is 0. The van der Waals surface area contributed by atoms with E-state index in [9.17, 15) is 13.6 Å². The molecule has 106 valence electrons. The minimum atomic E-state index is -0.984. The van der Waals surface area contributed by atoms with Gasteiger partial charge < -0.3 is 10.6 Å². The van der Waals surface area contributed by atoms with E-state index in [0.29, 0.717) is 5.69 Å². The number of anilines is 2. The molecule has 2 aromatic carbocycles. The van der Waals surface area contributed by atoms with Gasteiger partial charge in [-0.25, -0.2) is 8.78 Å². The van der Waals surface area contributed by atoms with Gasteiger partial charge in [-0.15, -0.1) is 0 Å². The number of nitrogens with two attached hydrogens (primary N) is 1. The van der Waals surface area contributed by atoms with Crippen LogP contribution in [0.1, 0.15) is 15.9 Å². The second-order valence-corrected chi connectivity index (χ2v) is 4.35. The Morgan fingerprint density at radius 2 is 1.95 bits per heavy atom. The number of nitrogen functional groups attached to an aromatic ring is 1. The molecule has 21 heavy (non-hydrogen) atoms. The standard InChI is InChI=1S/C15H11F2N3O/c1-20(13-5-3-2-4-9(13)8-18)15(21)11-6-10(16)7-12(19)14(11)17/h2-7H,19H2,1H3. The van der Waals surface area contributed by atoms with E-state index < -0.39 is 28.8 Å². The zero-order valence-corrected chi connectivity index (χ0v) is 11.1. The van der Waals surface area contributed by atoms with Crippen LogP contribution >= 0.6 is 0 Å². The minimum Gasteiger partial charge on any atom is -0.396 e. The van der Waals surface area contributed by atoms with Crippen molar-refractivity contribution in [2.45, 2.75) is 0 Å². The van der Waals surface area contributed by atoms with Crippen molar-refractivity contribution in [3.05, 3.63) is 59.2 Å². The van der Waals surface area contributed by atoms with Crippen molar-refractivity contribution in [1.29, 1.82) is 5.26 Å². The molecule has 4 nitrogen and oxygen atoms in total. The lowest BCUT2D eigenvalue weighted by Crippen LogP contribution is -2.28. The quantitative estimate of drug-likeness (QED) is 0.863. The molecule has 0 heterocycles. The van der Waals surface area contributed by atoms with E-state index in [1.54, 1.807) is 12.1 Å². The van der Waals surface area contributed by atoms with E-state index in [4.69, 9.17) is 11.0 Å². The van der Waals surface area contributed by atoms with Crippen LogP contribution in [0.2, 0.25) is 0 Å². The molecule has 2 rings (SSSR count). The summed E-state index contributed by atoms with van der Waals surface area (Å²) in [5.41, 5.74) is 4.93. The molecule has 6 heteroatoms. The third-order valence-electron chi connectivity index (χ3n) is 2.99. The Labute approximate surface area is 120 Å². The van der Waals surface area contributed by atoms with E-state index >= 15 is 0 Å². The normalized spacial score (nSPS) is 10.0. The molecule has 2 N–H and O–H groups in total. The number of hydrogen-bond acceptors (Lipinski definition) is 3. The maximum atomic E-state index is 13.9. The number of hydrogen-bond donors (Lipinski definition) is 1. The highest BCUT2D eigenvalue weighted by Crippen LogP contribution is 2.23. The number of benzene rings is 2. The van der Waals surface area contributed by atoms with Crippen molar-refractivity contribution in [3.8, 4) is 6.07 Å². The van der Waals surface area contributed by atoms with E-state index in [-0.39, 0.29) is 5.56 Å². The Hall–Kier alpha value is -2.94. The number of carbonyl (C=O) groups is 1. The number of carbonyl (C=O) groups excluding carboxylic acids is 1. The molecule has 0 aliphatic rings. The summed E-state index contributed by atoms with van der Waals surface area (Å²) >= 11 is 0. The molecule has 0 bridgehead atoms. The summed E-state index contributed by atoms with van der Waals surface area (Å²) in [6.45, 7) is 0. The molecule has 2 aromatic rings. The topological polar surface area (TPSA) is 70.1 Å². The highest BCUT2D eigenvalue weighted by atomic mass is 19.1. The van der Waals surface area contributed by atoms with Crippen LogP contribution in [-0.2, 0) is 0 Å². The van der Waals surface area contributed by atoms with E-state index in [1.165, 1.54) is 19.2 Å². The van der Waals surface area contributed by atoms with Gasteiger partial charge in [0.05, 0.1) is 22.5 Å². The van der Waals surface area contributed by atoms with Crippen molar-refractivity contribution >= 4 is 17.3 Å². The van der Waals surface area contributed by atoms with Gasteiger partial charge in [-0.1, -0.05) is 12.1 Å². The average Bonchev–Trinajstić information content (AvgIpc) is 2.49. The van der Waals surface area contributed by atoms with E-state index in [0.717, 1.165) is 17.0 Å². The molecule has 0 saturated heterocycles. The van der Waals surface area contributed by atoms with Crippen molar-refractivity contribution in [3.63, 3.8) is 0 Å². The summed E-state index contributed by atoms with van der Waals surface area (Å²) in [4.78, 5) is 13.4. The molecule has 1 amide bonds. The molecular formula is C15H11F2N3O. The lowest BCUT2D eigenvalue weighted by Gasteiger charge is -2.19. The SMILES string of the molecule is CN(C(=O)c1cc(F)cc(N)c1F)c1ccccc1C#N. The molecule has 0 unspecified atom stereocenters. The second-order valence-electron chi connectivity index (χ2n) is 4.35. The summed E-state index contributed by atoms with van der Waals surface area (Å²) in [5, 5.41) is 9.02. The van der Waals surface area contributed by atoms with Crippen LogP contribution in [0.3, 0.4) is 0 Å². The maximum absolute atomic E-state index is 13.9. The van der Waals surface area contributed by atoms with Gasteiger partial charge in [0.2, 0.25) is 0 Å². The number of rotatable bonds is 2. The summed E-state index contributed by atoms with van der Waals surface area (Å²) in [7, 11) is 1.37. The maximum Gasteiger partial charge on any atom is 0.261 e. The molecule has 0 aliphatic carbocycles. The first-order chi connectivity index (χ1) is 9.95. The van der Waals surface area contributed by atoms with Gasteiger partial charge in [0.25, 0.3) is 5.91 Å². The fourth-order valence-electron chi connectivity index (χ4n) is 1.92. The molecule has 0 spiro atoms. The van der Waals surface area contributed by atoms with Crippen LogP contribution in [0, 0.1) is 23.0 Å². The van der Waals surface area contributed by atoms with Gasteiger partial charge in [-0.3, -0.25) is 4.79 Å². The van der Waals surface area contributed by atoms with Crippen molar-refractivity contribution in [2.24, 2.45) is 0 Å². The van der Waals surface area contributed by atoms with E-state index in [2.05, 4.69) is 0 Å². The van der Waals surface area contributed by atoms with Crippen LogP contribution in [0.4, 0.5) is 20.2 Å². The fraction of sp³-hybridized carbons (Fsp3) is 0.0667. The predicted molar refractivity (Wildman–Crippen MR) is 74.7 cm³/mol. The van der Waals surface area contributed by atoms with Crippen molar-refractivity contribution in [1.82, 2.24) is 0 Å². The van der Waals surface area contributed by atoms with E-state index in [1.807, 2.05) is 6.07 Å². The van der Waals surface area contributed by atoms with Crippen LogP contribution in [0.15, 0.2) is 36.4 Å². The molecule has 0 aliphatic heterocycles. The van der Waals surface area contributed by atoms with Crippen LogP contribution < -0.4 is 10.6 Å². The third kappa shape index (κ3) is 2.67. The van der Waals surface area contributed by atoms with Gasteiger partial charge in [0, 0.05) is 7.05 Å². The van der Waals surface area contributed by atoms with Gasteiger partial charge in [-0.05, 0) is 24.3 Å². The van der Waals surface area contributed by atoms with Crippen LogP contribution in [-0.4, -0.2) is 13.0 Å². The van der Waals surface area contributed by atoms with Crippen LogP contribution in [0.5, 0.6) is 0 Å². The fourth-order valence-corrected chi connectivity index (χ4v) is 1.92. The number of amides is 1. The lowest BCUT2D eigenvalue weighted by molar-refractivity contribution is 0.0988. The second kappa shape index (κ2) is 5.59. The molecule has 0 saturated carbocycles. The van der Waals surface area contributed by atoms with Crippen molar-refractivity contribution < 1.29 is 13.6 Å². The first-order valence-corrected chi connectivity index (χ1v) is 5.97. The summed E-state index contributed by atoms with van der Waals surface area (Å²) in [5.74, 6) is -2.58. The lowest BCUT2D eigenvalue weighted by atomic mass is 10.1. The highest BCUT2D eigenvalue weighted by molar-refractivity contribution is 6.07. The molecule has 0 aromatic heterocycles. The number of para-hydroxylation sites is 1. The Morgan fingerprint density at radius 1 is 1.29 bits per heavy atom. The Balaban J connectivity index is 2.48. The number of nitrogens with zero attached hydrogens (tertiary/aromatic N) is 2. The monoisotopic (exact) mass is 287 g/mol. The van der Waals surface area contributed by atoms with Gasteiger partial charge in [0.15, 0.2) is 5.82 Å². The Bertz CT molecular complexity index is 753. The Morgan fingerprint density at radius 3 is 2.62 bits per heavy atom. The minimum absolute atomic E-state index is 0.248. The zero-order valence-electron chi connectivity index (χ0n) is 11.1. The van der Waals surface area contributed by atoms with Crippen LogP contribution in [0.25, 0.3) is 0 Å². The number of halogens is 2. The number of nitriles is 1. The Kier molecular flexibility index (Phi) is 3.85. The largest absolute Gasteiger partial charge is 0.396 e. The zero-order chi connectivity index (χ0) is 15.6. The van der Waals surface area contributed by atoms with Gasteiger partial charge >= 0.3 is 0 Å². The van der Waals surface area contributed by atoms with Crippen molar-refractivity contribution in [2.75, 3.05) is 17.7 Å². The first kappa shape index (κ1) is 14.5. The van der Waals surface area contributed by atoms with Gasteiger partial charge in [-0.2, -0.15) is 5.26 Å². The van der Waals surface area contributed by atoms with Gasteiger partial charge in [0.1, 0.15) is 11.9 Å². The molecule has 0 atom stereocenters. The third-order valence-corrected chi connectivity index (χ3v) is 2.99. The summed E-state index contributed by atoms with van der Waals surface area (Å²) in [6, 6.07) is 9.85. The predicted octanol–water partition coefficient (Wildman–Crippen LogP) is 2.70. The summed E-state index contributed by atoms with van der Waals surface area (Å²) < 4.78 is 27.2. The first-order valence-electron chi connectivity index (χ1n) is 5.97. The molecule has 0 radical (unpaired) electrons. The molecular weight excluding hydrogens is 276 g/mol. The molecule has 0 fully saturated rings. The smallest absolute Gasteiger partial charge is 0.261 e.